The van der Waals surface area contributed by atoms with Gasteiger partial charge in [-0.25, -0.2) is 0 Å². The molecule has 1 fully saturated rings. The van der Waals surface area contributed by atoms with E-state index < -0.39 is 0 Å². The van der Waals surface area contributed by atoms with Gasteiger partial charge in [0.15, 0.2) is 0 Å². The first-order valence-corrected chi connectivity index (χ1v) is 5.96. The van der Waals surface area contributed by atoms with E-state index in [2.05, 4.69) is 35.9 Å². The van der Waals surface area contributed by atoms with Crippen molar-refractivity contribution in [1.82, 2.24) is 4.90 Å². The number of nitrogen functional groups attached to an aromatic ring is 1. The van der Waals surface area contributed by atoms with E-state index in [1.165, 1.54) is 24.2 Å². The number of benzene rings is 1. The highest BCUT2D eigenvalue weighted by atomic mass is 15.2. The summed E-state index contributed by atoms with van der Waals surface area (Å²) in [6, 6.07) is 6.18. The van der Waals surface area contributed by atoms with Crippen molar-refractivity contribution in [2.45, 2.75) is 13.3 Å². The highest BCUT2D eigenvalue weighted by molar-refractivity contribution is 5.60. The van der Waals surface area contributed by atoms with Gasteiger partial charge in [-0.05, 0) is 44.6 Å². The molecule has 1 aliphatic rings. The Morgan fingerprint density at radius 3 is 2.75 bits per heavy atom. The number of hydrogen-bond donors (Lipinski definition) is 1. The largest absolute Gasteiger partial charge is 0.399 e. The molecule has 0 bridgehead atoms. The summed E-state index contributed by atoms with van der Waals surface area (Å²) in [5.74, 6) is 0. The van der Waals surface area contributed by atoms with Crippen molar-refractivity contribution in [3.05, 3.63) is 23.8 Å². The molecule has 2 rings (SSSR count). The van der Waals surface area contributed by atoms with Crippen molar-refractivity contribution in [3.63, 3.8) is 0 Å². The monoisotopic (exact) mass is 219 g/mol. The summed E-state index contributed by atoms with van der Waals surface area (Å²) in [6.07, 6.45) is 1.23. The Hall–Kier alpha value is -1.22. The topological polar surface area (TPSA) is 32.5 Å². The lowest BCUT2D eigenvalue weighted by atomic mass is 10.1. The van der Waals surface area contributed by atoms with Gasteiger partial charge in [-0.1, -0.05) is 6.07 Å². The standard InChI is InChI=1S/C13H21N3/c1-11-4-5-12(14)10-13(11)16-7-3-6-15(2)8-9-16/h4-5,10H,3,6-9,14H2,1-2H3. The second-order valence-corrected chi connectivity index (χ2v) is 4.69. The van der Waals surface area contributed by atoms with Gasteiger partial charge in [0, 0.05) is 31.0 Å². The zero-order valence-electron chi connectivity index (χ0n) is 10.2. The minimum absolute atomic E-state index is 0.859. The van der Waals surface area contributed by atoms with Crippen molar-refractivity contribution in [3.8, 4) is 0 Å². The first-order valence-electron chi connectivity index (χ1n) is 5.96. The maximum absolute atomic E-state index is 5.86. The summed E-state index contributed by atoms with van der Waals surface area (Å²) in [6.45, 7) is 6.71. The van der Waals surface area contributed by atoms with Gasteiger partial charge in [-0.3, -0.25) is 0 Å². The predicted molar refractivity (Wildman–Crippen MR) is 69.9 cm³/mol. The van der Waals surface area contributed by atoms with Gasteiger partial charge in [0.25, 0.3) is 0 Å². The molecule has 3 heteroatoms. The van der Waals surface area contributed by atoms with Crippen molar-refractivity contribution >= 4 is 11.4 Å². The third kappa shape index (κ3) is 2.47. The first kappa shape index (κ1) is 11.3. The maximum atomic E-state index is 5.86. The van der Waals surface area contributed by atoms with Crippen molar-refractivity contribution in [2.75, 3.05) is 43.9 Å². The smallest absolute Gasteiger partial charge is 0.0417 e. The summed E-state index contributed by atoms with van der Waals surface area (Å²) in [7, 11) is 2.19. The fraction of sp³-hybridized carbons (Fsp3) is 0.538. The molecule has 1 aliphatic heterocycles. The van der Waals surface area contributed by atoms with Crippen LogP contribution in [0.2, 0.25) is 0 Å². The fourth-order valence-corrected chi connectivity index (χ4v) is 2.25. The normalized spacial score (nSPS) is 18.5. The molecule has 0 aromatic heterocycles. The van der Waals surface area contributed by atoms with E-state index in [9.17, 15) is 0 Å². The zero-order chi connectivity index (χ0) is 11.5. The van der Waals surface area contributed by atoms with Crippen LogP contribution in [0.4, 0.5) is 11.4 Å². The number of rotatable bonds is 1. The SMILES string of the molecule is Cc1ccc(N)cc1N1CCCN(C)CC1. The molecule has 16 heavy (non-hydrogen) atoms. The zero-order valence-corrected chi connectivity index (χ0v) is 10.2. The fourth-order valence-electron chi connectivity index (χ4n) is 2.25. The van der Waals surface area contributed by atoms with Crippen LogP contribution in [0.25, 0.3) is 0 Å². The third-order valence-electron chi connectivity index (χ3n) is 3.29. The van der Waals surface area contributed by atoms with Gasteiger partial charge in [-0.15, -0.1) is 0 Å². The van der Waals surface area contributed by atoms with E-state index in [4.69, 9.17) is 5.73 Å². The number of nitrogens with two attached hydrogens (primary N) is 1. The van der Waals surface area contributed by atoms with Gasteiger partial charge in [0.1, 0.15) is 0 Å². The van der Waals surface area contributed by atoms with Crippen molar-refractivity contribution in [1.29, 1.82) is 0 Å². The van der Waals surface area contributed by atoms with Gasteiger partial charge in [-0.2, -0.15) is 0 Å². The Morgan fingerprint density at radius 1 is 1.12 bits per heavy atom. The van der Waals surface area contributed by atoms with E-state index in [1.54, 1.807) is 0 Å². The molecule has 0 radical (unpaired) electrons. The van der Waals surface area contributed by atoms with Crippen LogP contribution < -0.4 is 10.6 Å². The Labute approximate surface area is 97.8 Å². The van der Waals surface area contributed by atoms with E-state index >= 15 is 0 Å². The molecular weight excluding hydrogens is 198 g/mol. The summed E-state index contributed by atoms with van der Waals surface area (Å²) in [5, 5.41) is 0. The molecule has 2 N–H and O–H groups in total. The third-order valence-corrected chi connectivity index (χ3v) is 3.29. The molecule has 3 nitrogen and oxygen atoms in total. The van der Waals surface area contributed by atoms with Crippen LogP contribution in [0, 0.1) is 6.92 Å². The van der Waals surface area contributed by atoms with Crippen LogP contribution in [0.3, 0.4) is 0 Å². The van der Waals surface area contributed by atoms with E-state index in [1.807, 2.05) is 6.07 Å². The molecule has 1 aromatic carbocycles. The number of likely N-dealkylation sites (N-methyl/N-ethyl adjacent to an activating group) is 1. The average molecular weight is 219 g/mol. The summed E-state index contributed by atoms with van der Waals surface area (Å²) in [5.41, 5.74) is 9.34. The van der Waals surface area contributed by atoms with Crippen molar-refractivity contribution in [2.24, 2.45) is 0 Å². The molecule has 88 valence electrons. The van der Waals surface area contributed by atoms with Crippen LogP contribution in [-0.2, 0) is 0 Å². The Kier molecular flexibility index (Phi) is 3.34. The van der Waals surface area contributed by atoms with Crippen LogP contribution in [0.15, 0.2) is 18.2 Å². The Balaban J connectivity index is 2.19. The van der Waals surface area contributed by atoms with E-state index in [-0.39, 0.29) is 0 Å². The second kappa shape index (κ2) is 4.74. The van der Waals surface area contributed by atoms with Crippen LogP contribution in [-0.4, -0.2) is 38.1 Å². The molecule has 1 aromatic rings. The Morgan fingerprint density at radius 2 is 1.94 bits per heavy atom. The molecule has 0 unspecified atom stereocenters. The summed E-state index contributed by atoms with van der Waals surface area (Å²) in [4.78, 5) is 4.84. The van der Waals surface area contributed by atoms with Gasteiger partial charge in [0.05, 0.1) is 0 Å². The minimum Gasteiger partial charge on any atom is -0.399 e. The minimum atomic E-state index is 0.859. The molecule has 0 spiro atoms. The average Bonchev–Trinajstić information content (AvgIpc) is 2.47. The van der Waals surface area contributed by atoms with Crippen molar-refractivity contribution < 1.29 is 0 Å². The maximum Gasteiger partial charge on any atom is 0.0417 e. The lowest BCUT2D eigenvalue weighted by molar-refractivity contribution is 0.360. The lowest BCUT2D eigenvalue weighted by Crippen LogP contribution is -2.29. The molecule has 0 atom stereocenters. The number of hydrogen-bond acceptors (Lipinski definition) is 3. The molecule has 1 saturated heterocycles. The van der Waals surface area contributed by atoms with E-state index in [0.717, 1.165) is 25.3 Å². The first-order chi connectivity index (χ1) is 7.66. The van der Waals surface area contributed by atoms with Crippen LogP contribution >= 0.6 is 0 Å². The summed E-state index contributed by atoms with van der Waals surface area (Å²) < 4.78 is 0. The van der Waals surface area contributed by atoms with Crippen LogP contribution in [0.5, 0.6) is 0 Å². The summed E-state index contributed by atoms with van der Waals surface area (Å²) >= 11 is 0. The van der Waals surface area contributed by atoms with Gasteiger partial charge >= 0.3 is 0 Å². The lowest BCUT2D eigenvalue weighted by Gasteiger charge is -2.25. The number of aryl methyl sites for hydroxylation is 1. The van der Waals surface area contributed by atoms with Gasteiger partial charge in [0.2, 0.25) is 0 Å². The molecule has 1 heterocycles. The molecule has 0 amide bonds. The number of anilines is 2. The van der Waals surface area contributed by atoms with Crippen LogP contribution in [0.1, 0.15) is 12.0 Å². The van der Waals surface area contributed by atoms with Gasteiger partial charge < -0.3 is 15.5 Å². The highest BCUT2D eigenvalue weighted by Gasteiger charge is 2.14. The second-order valence-electron chi connectivity index (χ2n) is 4.69. The van der Waals surface area contributed by atoms with E-state index in [0.29, 0.717) is 0 Å². The molecule has 0 saturated carbocycles. The Bertz CT molecular complexity index is 362. The molecular formula is C13H21N3. The number of nitrogens with zero attached hydrogens (tertiary/aromatic N) is 2. The highest BCUT2D eigenvalue weighted by Crippen LogP contribution is 2.23. The quantitative estimate of drug-likeness (QED) is 0.730. The predicted octanol–water partition coefficient (Wildman–Crippen LogP) is 1.72. The molecule has 0 aliphatic carbocycles.